The number of aliphatic carboxylic acids is 2. The first-order chi connectivity index (χ1) is 19.0. The van der Waals surface area contributed by atoms with E-state index >= 15 is 0 Å². The molecule has 0 spiro atoms. The highest BCUT2D eigenvalue weighted by Gasteiger charge is 2.13. The fourth-order valence-corrected chi connectivity index (χ4v) is 4.35. The van der Waals surface area contributed by atoms with E-state index in [1.54, 1.807) is 10.8 Å². The summed E-state index contributed by atoms with van der Waals surface area (Å²) in [6, 6.07) is 19.3. The van der Waals surface area contributed by atoms with Crippen LogP contribution in [0.4, 0.5) is 0 Å². The molecule has 0 atom stereocenters. The van der Waals surface area contributed by atoms with E-state index < -0.39 is 11.9 Å². The molecule has 0 radical (unpaired) electrons. The van der Waals surface area contributed by atoms with E-state index in [0.29, 0.717) is 31.9 Å². The lowest BCUT2D eigenvalue weighted by atomic mass is 10.0. The Labute approximate surface area is 227 Å². The standard InChI is InChI=1S/C31H32N2O6/c34-29(35)13-7-9-25-21-33(22-30(36)37)31-24(8-6-12-27(25)31)16-14-23-15-17-28(32-20-23)39-19-5-4-18-38-26-10-2-1-3-11-26/h1-3,6,8,10-12,14-17,20-21H,4-5,7,9,13,18-19,22H2,(H,34,35)(H,36,37). The molecule has 8 heteroatoms. The Bertz CT molecular complexity index is 1410. The molecule has 0 aliphatic carbocycles. The molecule has 0 aliphatic rings. The zero-order chi connectivity index (χ0) is 27.5. The van der Waals surface area contributed by atoms with Gasteiger partial charge in [0, 0.05) is 30.3 Å². The molecule has 0 saturated heterocycles. The molecular formula is C31H32N2O6. The lowest BCUT2D eigenvalue weighted by molar-refractivity contribution is -0.138. The van der Waals surface area contributed by atoms with E-state index in [0.717, 1.165) is 46.2 Å². The van der Waals surface area contributed by atoms with Crippen LogP contribution in [0.25, 0.3) is 23.1 Å². The zero-order valence-corrected chi connectivity index (χ0v) is 21.7. The van der Waals surface area contributed by atoms with Crippen LogP contribution in [0.15, 0.2) is 73.1 Å². The highest BCUT2D eigenvalue weighted by Crippen LogP contribution is 2.28. The van der Waals surface area contributed by atoms with Crippen molar-refractivity contribution in [1.82, 2.24) is 9.55 Å². The second-order valence-corrected chi connectivity index (χ2v) is 9.15. The van der Waals surface area contributed by atoms with E-state index in [-0.39, 0.29) is 13.0 Å². The van der Waals surface area contributed by atoms with Crippen molar-refractivity contribution in [2.45, 2.75) is 38.6 Å². The maximum Gasteiger partial charge on any atom is 0.323 e. The van der Waals surface area contributed by atoms with Crippen LogP contribution < -0.4 is 9.47 Å². The van der Waals surface area contributed by atoms with Crippen LogP contribution in [0.2, 0.25) is 0 Å². The molecule has 0 saturated carbocycles. The SMILES string of the molecule is O=C(O)CCCc1cn(CC(=O)O)c2c(C=Cc3ccc(OCCCCOc4ccccc4)nc3)cccc12. The molecule has 2 aromatic carbocycles. The fourth-order valence-electron chi connectivity index (χ4n) is 4.35. The number of nitrogens with zero attached hydrogens (tertiary/aromatic N) is 2. The largest absolute Gasteiger partial charge is 0.494 e. The van der Waals surface area contributed by atoms with Crippen molar-refractivity contribution in [2.24, 2.45) is 0 Å². The Balaban J connectivity index is 1.36. The summed E-state index contributed by atoms with van der Waals surface area (Å²) in [5.74, 6) is -0.358. The number of fused-ring (bicyclic) bond motifs is 1. The molecule has 39 heavy (non-hydrogen) atoms. The van der Waals surface area contributed by atoms with E-state index in [2.05, 4.69) is 4.98 Å². The summed E-state index contributed by atoms with van der Waals surface area (Å²) in [6.07, 6.45) is 10.3. The molecule has 0 unspecified atom stereocenters. The number of pyridine rings is 1. The minimum Gasteiger partial charge on any atom is -0.494 e. The number of hydrogen-bond acceptors (Lipinski definition) is 5. The summed E-state index contributed by atoms with van der Waals surface area (Å²) in [5.41, 5.74) is 3.51. The molecule has 4 rings (SSSR count). The zero-order valence-electron chi connectivity index (χ0n) is 21.7. The topological polar surface area (TPSA) is 111 Å². The molecule has 4 aromatic rings. The third-order valence-electron chi connectivity index (χ3n) is 6.17. The van der Waals surface area contributed by atoms with Crippen LogP contribution in [0.1, 0.15) is 42.4 Å². The summed E-state index contributed by atoms with van der Waals surface area (Å²) < 4.78 is 13.2. The fraction of sp³-hybridized carbons (Fsp3) is 0.258. The molecule has 202 valence electrons. The molecule has 0 bridgehead atoms. The van der Waals surface area contributed by atoms with Gasteiger partial charge in [-0.3, -0.25) is 9.59 Å². The van der Waals surface area contributed by atoms with Crippen LogP contribution in [0.3, 0.4) is 0 Å². The van der Waals surface area contributed by atoms with Crippen molar-refractivity contribution in [3.63, 3.8) is 0 Å². The summed E-state index contributed by atoms with van der Waals surface area (Å²) in [5, 5.41) is 19.3. The Morgan fingerprint density at radius 2 is 1.64 bits per heavy atom. The van der Waals surface area contributed by atoms with Gasteiger partial charge in [0.25, 0.3) is 0 Å². The molecule has 0 amide bonds. The molecule has 0 aliphatic heterocycles. The lowest BCUT2D eigenvalue weighted by Crippen LogP contribution is -2.07. The van der Waals surface area contributed by atoms with Crippen LogP contribution in [0.5, 0.6) is 11.6 Å². The Morgan fingerprint density at radius 1 is 0.846 bits per heavy atom. The van der Waals surface area contributed by atoms with Gasteiger partial charge in [0.05, 0.1) is 18.7 Å². The number of carboxylic acids is 2. The molecule has 2 N–H and O–H groups in total. The van der Waals surface area contributed by atoms with Crippen molar-refractivity contribution < 1.29 is 29.3 Å². The molecule has 2 heterocycles. The van der Waals surface area contributed by atoms with Crippen molar-refractivity contribution in [2.75, 3.05) is 13.2 Å². The first kappa shape index (κ1) is 27.4. The number of aromatic nitrogens is 2. The maximum atomic E-state index is 11.5. The number of carbonyl (C=O) groups is 2. The Kier molecular flexibility index (Phi) is 9.72. The van der Waals surface area contributed by atoms with Crippen molar-refractivity contribution in [3.8, 4) is 11.6 Å². The van der Waals surface area contributed by atoms with Crippen molar-refractivity contribution in [3.05, 3.63) is 89.7 Å². The predicted octanol–water partition coefficient (Wildman–Crippen LogP) is 5.94. The predicted molar refractivity (Wildman–Crippen MR) is 150 cm³/mol. The number of aryl methyl sites for hydroxylation is 1. The van der Waals surface area contributed by atoms with Crippen LogP contribution in [-0.4, -0.2) is 44.9 Å². The smallest absolute Gasteiger partial charge is 0.323 e. The first-order valence-electron chi connectivity index (χ1n) is 13.0. The average Bonchev–Trinajstić information content (AvgIpc) is 3.27. The van der Waals surface area contributed by atoms with E-state index in [4.69, 9.17) is 14.6 Å². The van der Waals surface area contributed by atoms with Crippen LogP contribution in [0, 0.1) is 0 Å². The summed E-state index contributed by atoms with van der Waals surface area (Å²) in [6.45, 7) is 1.01. The summed E-state index contributed by atoms with van der Waals surface area (Å²) in [7, 11) is 0. The highest BCUT2D eigenvalue weighted by atomic mass is 16.5. The van der Waals surface area contributed by atoms with Gasteiger partial charge in [-0.15, -0.1) is 0 Å². The van der Waals surface area contributed by atoms with Gasteiger partial charge in [0.1, 0.15) is 12.3 Å². The van der Waals surface area contributed by atoms with E-state index in [1.165, 1.54) is 0 Å². The van der Waals surface area contributed by atoms with Crippen molar-refractivity contribution >= 4 is 35.0 Å². The molecule has 8 nitrogen and oxygen atoms in total. The monoisotopic (exact) mass is 528 g/mol. The van der Waals surface area contributed by atoms with Gasteiger partial charge in [0.2, 0.25) is 5.88 Å². The number of hydrogen-bond donors (Lipinski definition) is 2. The van der Waals surface area contributed by atoms with Gasteiger partial charge in [-0.2, -0.15) is 0 Å². The van der Waals surface area contributed by atoms with Gasteiger partial charge >= 0.3 is 11.9 Å². The minimum atomic E-state index is -0.939. The Hall–Kier alpha value is -4.59. The van der Waals surface area contributed by atoms with E-state index in [1.807, 2.05) is 79.0 Å². The molecule has 2 aromatic heterocycles. The first-order valence-corrected chi connectivity index (χ1v) is 13.0. The maximum absolute atomic E-state index is 11.5. The second-order valence-electron chi connectivity index (χ2n) is 9.15. The summed E-state index contributed by atoms with van der Waals surface area (Å²) in [4.78, 5) is 26.8. The van der Waals surface area contributed by atoms with Crippen LogP contribution in [-0.2, 0) is 22.6 Å². The second kappa shape index (κ2) is 13.8. The third kappa shape index (κ3) is 8.20. The molecular weight excluding hydrogens is 496 g/mol. The number of rotatable bonds is 15. The minimum absolute atomic E-state index is 0.0700. The number of unbranched alkanes of at least 4 members (excludes halogenated alkanes) is 1. The van der Waals surface area contributed by atoms with E-state index in [9.17, 15) is 14.7 Å². The van der Waals surface area contributed by atoms with Crippen LogP contribution >= 0.6 is 0 Å². The number of carboxylic acid groups (broad SMARTS) is 2. The number of para-hydroxylation sites is 2. The number of ether oxygens (including phenoxy) is 2. The average molecular weight is 529 g/mol. The van der Waals surface area contributed by atoms with Gasteiger partial charge in [-0.1, -0.05) is 48.6 Å². The lowest BCUT2D eigenvalue weighted by Gasteiger charge is -2.07. The Morgan fingerprint density at radius 3 is 2.36 bits per heavy atom. The number of benzene rings is 2. The summed E-state index contributed by atoms with van der Waals surface area (Å²) >= 11 is 0. The normalized spacial score (nSPS) is 11.2. The van der Waals surface area contributed by atoms with Gasteiger partial charge in [-0.05, 0) is 60.6 Å². The highest BCUT2D eigenvalue weighted by molar-refractivity contribution is 5.94. The molecule has 0 fully saturated rings. The van der Waals surface area contributed by atoms with Gasteiger partial charge < -0.3 is 24.3 Å². The third-order valence-corrected chi connectivity index (χ3v) is 6.17. The quantitative estimate of drug-likeness (QED) is 0.184. The van der Waals surface area contributed by atoms with Crippen molar-refractivity contribution in [1.29, 1.82) is 0 Å². The van der Waals surface area contributed by atoms with Gasteiger partial charge in [0.15, 0.2) is 0 Å². The van der Waals surface area contributed by atoms with Gasteiger partial charge in [-0.25, -0.2) is 4.98 Å².